The van der Waals surface area contributed by atoms with E-state index in [1.165, 1.54) is 27.9 Å². The monoisotopic (exact) mass is 383 g/mol. The van der Waals surface area contributed by atoms with Crippen molar-refractivity contribution in [2.75, 3.05) is 0 Å². The number of hydrogen-bond acceptors (Lipinski definition) is 4. The molecule has 0 aliphatic carbocycles. The number of pyridine rings is 2. The molecule has 0 bridgehead atoms. The van der Waals surface area contributed by atoms with E-state index in [4.69, 9.17) is 0 Å². The molecule has 0 aliphatic rings. The SMILES string of the molecule is Cc1c(CN(Cc2ccncc2)Cc2cccnc2)cnn1Cc1ccccc1. The van der Waals surface area contributed by atoms with Crippen molar-refractivity contribution < 1.29 is 0 Å². The zero-order valence-electron chi connectivity index (χ0n) is 16.6. The lowest BCUT2D eigenvalue weighted by Gasteiger charge is -2.22. The molecule has 3 aromatic heterocycles. The van der Waals surface area contributed by atoms with Crippen molar-refractivity contribution in [2.24, 2.45) is 0 Å². The van der Waals surface area contributed by atoms with Gasteiger partial charge in [-0.25, -0.2) is 0 Å². The third kappa shape index (κ3) is 5.15. The van der Waals surface area contributed by atoms with Crippen LogP contribution >= 0.6 is 0 Å². The van der Waals surface area contributed by atoms with Crippen molar-refractivity contribution in [3.63, 3.8) is 0 Å². The molecule has 5 nitrogen and oxygen atoms in total. The maximum absolute atomic E-state index is 4.65. The van der Waals surface area contributed by atoms with Gasteiger partial charge in [-0.05, 0) is 41.8 Å². The summed E-state index contributed by atoms with van der Waals surface area (Å²) in [7, 11) is 0. The minimum Gasteiger partial charge on any atom is -0.290 e. The minimum atomic E-state index is 0.791. The molecule has 3 heterocycles. The second-order valence-electron chi connectivity index (χ2n) is 7.26. The first-order valence-electron chi connectivity index (χ1n) is 9.83. The molecule has 146 valence electrons. The molecule has 0 atom stereocenters. The van der Waals surface area contributed by atoms with Crippen LogP contribution in [0.25, 0.3) is 0 Å². The molecule has 29 heavy (non-hydrogen) atoms. The average Bonchev–Trinajstić information content (AvgIpc) is 3.09. The summed E-state index contributed by atoms with van der Waals surface area (Å²) < 4.78 is 2.08. The number of nitrogens with zero attached hydrogens (tertiary/aromatic N) is 5. The third-order valence-corrected chi connectivity index (χ3v) is 5.06. The van der Waals surface area contributed by atoms with E-state index in [9.17, 15) is 0 Å². The van der Waals surface area contributed by atoms with Gasteiger partial charge in [-0.2, -0.15) is 5.10 Å². The molecule has 0 amide bonds. The topological polar surface area (TPSA) is 46.8 Å². The summed E-state index contributed by atoms with van der Waals surface area (Å²) in [5.74, 6) is 0. The van der Waals surface area contributed by atoms with Gasteiger partial charge in [0.05, 0.1) is 12.7 Å². The summed E-state index contributed by atoms with van der Waals surface area (Å²) in [5, 5.41) is 4.65. The van der Waals surface area contributed by atoms with Gasteiger partial charge in [-0.15, -0.1) is 0 Å². The van der Waals surface area contributed by atoms with Crippen molar-refractivity contribution in [1.29, 1.82) is 0 Å². The largest absolute Gasteiger partial charge is 0.290 e. The maximum atomic E-state index is 4.65. The second-order valence-corrected chi connectivity index (χ2v) is 7.26. The molecule has 0 saturated carbocycles. The molecule has 0 fully saturated rings. The van der Waals surface area contributed by atoms with Crippen LogP contribution in [0.5, 0.6) is 0 Å². The van der Waals surface area contributed by atoms with Gasteiger partial charge < -0.3 is 0 Å². The number of benzene rings is 1. The fraction of sp³-hybridized carbons (Fsp3) is 0.208. The number of rotatable bonds is 8. The highest BCUT2D eigenvalue weighted by Crippen LogP contribution is 2.17. The summed E-state index contributed by atoms with van der Waals surface area (Å²) in [5.41, 5.74) is 6.17. The predicted octanol–water partition coefficient (Wildman–Crippen LogP) is 4.23. The first kappa shape index (κ1) is 19.0. The van der Waals surface area contributed by atoms with Crippen molar-refractivity contribution in [1.82, 2.24) is 24.6 Å². The van der Waals surface area contributed by atoms with E-state index in [1.807, 2.05) is 43.1 Å². The van der Waals surface area contributed by atoms with E-state index in [-0.39, 0.29) is 0 Å². The summed E-state index contributed by atoms with van der Waals surface area (Å²) in [4.78, 5) is 10.8. The van der Waals surface area contributed by atoms with Crippen molar-refractivity contribution >= 4 is 0 Å². The maximum Gasteiger partial charge on any atom is 0.0662 e. The van der Waals surface area contributed by atoms with E-state index in [0.29, 0.717) is 0 Å². The zero-order chi connectivity index (χ0) is 19.9. The normalized spacial score (nSPS) is 11.1. The summed E-state index contributed by atoms with van der Waals surface area (Å²) in [6.07, 6.45) is 9.45. The van der Waals surface area contributed by atoms with Gasteiger partial charge in [0.25, 0.3) is 0 Å². The van der Waals surface area contributed by atoms with E-state index in [0.717, 1.165) is 26.2 Å². The first-order chi connectivity index (χ1) is 14.3. The van der Waals surface area contributed by atoms with E-state index < -0.39 is 0 Å². The van der Waals surface area contributed by atoms with Crippen LogP contribution in [0.4, 0.5) is 0 Å². The Kier molecular flexibility index (Phi) is 6.07. The zero-order valence-corrected chi connectivity index (χ0v) is 16.6. The Morgan fingerprint density at radius 1 is 0.724 bits per heavy atom. The van der Waals surface area contributed by atoms with E-state index >= 15 is 0 Å². The predicted molar refractivity (Wildman–Crippen MR) is 114 cm³/mol. The molecular weight excluding hydrogens is 358 g/mol. The van der Waals surface area contributed by atoms with Crippen LogP contribution in [0.1, 0.15) is 27.9 Å². The molecule has 0 unspecified atom stereocenters. The lowest BCUT2D eigenvalue weighted by molar-refractivity contribution is 0.246. The fourth-order valence-corrected chi connectivity index (χ4v) is 3.46. The summed E-state index contributed by atoms with van der Waals surface area (Å²) in [6, 6.07) is 18.7. The van der Waals surface area contributed by atoms with Gasteiger partial charge in [0.1, 0.15) is 0 Å². The Labute approximate surface area is 171 Å². The van der Waals surface area contributed by atoms with Crippen LogP contribution < -0.4 is 0 Å². The summed E-state index contributed by atoms with van der Waals surface area (Å²) >= 11 is 0. The Morgan fingerprint density at radius 3 is 2.24 bits per heavy atom. The van der Waals surface area contributed by atoms with Crippen LogP contribution in [0.15, 0.2) is 85.6 Å². The Hall–Kier alpha value is -3.31. The lowest BCUT2D eigenvalue weighted by Crippen LogP contribution is -2.23. The van der Waals surface area contributed by atoms with Crippen molar-refractivity contribution in [2.45, 2.75) is 33.1 Å². The fourth-order valence-electron chi connectivity index (χ4n) is 3.46. The highest BCUT2D eigenvalue weighted by atomic mass is 15.3. The average molecular weight is 383 g/mol. The molecule has 4 rings (SSSR count). The highest BCUT2D eigenvalue weighted by molar-refractivity contribution is 5.21. The Morgan fingerprint density at radius 2 is 1.48 bits per heavy atom. The van der Waals surface area contributed by atoms with Gasteiger partial charge in [0, 0.05) is 55.7 Å². The molecular formula is C24H25N5. The van der Waals surface area contributed by atoms with Crippen LogP contribution in [0.3, 0.4) is 0 Å². The Bertz CT molecular complexity index is 972. The molecule has 0 spiro atoms. The molecule has 0 aliphatic heterocycles. The molecule has 4 aromatic rings. The summed E-state index contributed by atoms with van der Waals surface area (Å²) in [6.45, 7) is 5.46. The first-order valence-corrected chi connectivity index (χ1v) is 9.83. The Balaban J connectivity index is 1.52. The standard InChI is InChI=1S/C24H25N5/c1-20-24(15-27-29(20)18-21-6-3-2-4-7-21)19-28(16-22-9-12-25-13-10-22)17-23-8-5-11-26-14-23/h2-15H,16-19H2,1H3. The van der Waals surface area contributed by atoms with Crippen LogP contribution in [0.2, 0.25) is 0 Å². The molecule has 0 saturated heterocycles. The van der Waals surface area contributed by atoms with Crippen LogP contribution in [-0.2, 0) is 26.2 Å². The quantitative estimate of drug-likeness (QED) is 0.457. The molecule has 5 heteroatoms. The van der Waals surface area contributed by atoms with Crippen molar-refractivity contribution in [3.8, 4) is 0 Å². The lowest BCUT2D eigenvalue weighted by atomic mass is 10.1. The van der Waals surface area contributed by atoms with E-state index in [1.54, 1.807) is 0 Å². The van der Waals surface area contributed by atoms with Gasteiger partial charge in [-0.1, -0.05) is 36.4 Å². The van der Waals surface area contributed by atoms with Crippen molar-refractivity contribution in [3.05, 3.63) is 114 Å². The smallest absolute Gasteiger partial charge is 0.0662 e. The van der Waals surface area contributed by atoms with Crippen LogP contribution in [-0.4, -0.2) is 24.6 Å². The molecule has 0 N–H and O–H groups in total. The van der Waals surface area contributed by atoms with Gasteiger partial charge in [0.2, 0.25) is 0 Å². The van der Waals surface area contributed by atoms with Gasteiger partial charge >= 0.3 is 0 Å². The van der Waals surface area contributed by atoms with Gasteiger partial charge in [-0.3, -0.25) is 19.5 Å². The van der Waals surface area contributed by atoms with E-state index in [2.05, 4.69) is 74.0 Å². The van der Waals surface area contributed by atoms with Crippen LogP contribution in [0, 0.1) is 6.92 Å². The minimum absolute atomic E-state index is 0.791. The number of hydrogen-bond donors (Lipinski definition) is 0. The number of aromatic nitrogens is 4. The second kappa shape index (κ2) is 9.26. The highest BCUT2D eigenvalue weighted by Gasteiger charge is 2.13. The third-order valence-electron chi connectivity index (χ3n) is 5.06. The molecule has 0 radical (unpaired) electrons. The molecule has 1 aromatic carbocycles. The van der Waals surface area contributed by atoms with Gasteiger partial charge in [0.15, 0.2) is 0 Å².